The summed E-state index contributed by atoms with van der Waals surface area (Å²) in [6, 6.07) is 4.57. The molecular formula is C14H19N3O4. The van der Waals surface area contributed by atoms with Crippen LogP contribution in [-0.4, -0.2) is 48.6 Å². The maximum absolute atomic E-state index is 12.5. The number of nitrogens with one attached hydrogen (secondary N) is 1. The van der Waals surface area contributed by atoms with E-state index in [0.717, 1.165) is 18.7 Å². The predicted octanol–water partition coefficient (Wildman–Crippen LogP) is 1.89. The highest BCUT2D eigenvalue weighted by molar-refractivity contribution is 5.99. The van der Waals surface area contributed by atoms with Gasteiger partial charge in [-0.25, -0.2) is 0 Å². The number of nitro groups is 1. The summed E-state index contributed by atoms with van der Waals surface area (Å²) in [6.45, 7) is 4.63. The first-order chi connectivity index (χ1) is 10.1. The van der Waals surface area contributed by atoms with Crippen molar-refractivity contribution in [2.45, 2.75) is 13.3 Å². The minimum absolute atomic E-state index is 0.128. The molecule has 0 atom stereocenters. The fraction of sp³-hybridized carbons (Fsp3) is 0.500. The molecule has 0 aliphatic carbocycles. The van der Waals surface area contributed by atoms with E-state index in [1.54, 1.807) is 17.0 Å². The lowest BCUT2D eigenvalue weighted by atomic mass is 10.1. The van der Waals surface area contributed by atoms with E-state index in [1.807, 2.05) is 6.92 Å². The van der Waals surface area contributed by atoms with E-state index in [0.29, 0.717) is 26.3 Å². The number of hydrogen-bond donors (Lipinski definition) is 1. The smallest absolute Gasteiger partial charge is 0.282 e. The van der Waals surface area contributed by atoms with Gasteiger partial charge in [-0.15, -0.1) is 0 Å². The molecule has 0 aromatic heterocycles. The van der Waals surface area contributed by atoms with Crippen molar-refractivity contribution in [2.24, 2.45) is 0 Å². The number of nitrogens with zero attached hydrogens (tertiary/aromatic N) is 2. The molecule has 0 bridgehead atoms. The van der Waals surface area contributed by atoms with Gasteiger partial charge in [-0.3, -0.25) is 14.9 Å². The maximum Gasteiger partial charge on any atom is 0.282 e. The number of carbonyl (C=O) groups excluding carboxylic acids is 1. The molecule has 2 rings (SSSR count). The predicted molar refractivity (Wildman–Crippen MR) is 78.6 cm³/mol. The highest BCUT2D eigenvalue weighted by atomic mass is 16.6. The van der Waals surface area contributed by atoms with E-state index in [-0.39, 0.29) is 17.2 Å². The third-order valence-corrected chi connectivity index (χ3v) is 3.30. The molecule has 7 nitrogen and oxygen atoms in total. The fourth-order valence-electron chi connectivity index (χ4n) is 2.18. The quantitative estimate of drug-likeness (QED) is 0.662. The van der Waals surface area contributed by atoms with Crippen molar-refractivity contribution >= 4 is 17.3 Å². The zero-order valence-electron chi connectivity index (χ0n) is 12.0. The molecule has 0 radical (unpaired) electrons. The molecule has 1 aromatic rings. The number of hydrogen-bond acceptors (Lipinski definition) is 5. The topological polar surface area (TPSA) is 84.7 Å². The normalized spacial score (nSPS) is 14.8. The summed E-state index contributed by atoms with van der Waals surface area (Å²) in [4.78, 5) is 24.7. The first-order valence-electron chi connectivity index (χ1n) is 7.02. The van der Waals surface area contributed by atoms with Gasteiger partial charge in [0.25, 0.3) is 11.6 Å². The molecule has 1 N–H and O–H groups in total. The first-order valence-corrected chi connectivity index (χ1v) is 7.02. The molecule has 1 saturated heterocycles. The van der Waals surface area contributed by atoms with Crippen LogP contribution in [0.15, 0.2) is 18.2 Å². The van der Waals surface area contributed by atoms with Crippen molar-refractivity contribution in [3.63, 3.8) is 0 Å². The van der Waals surface area contributed by atoms with Crippen LogP contribution in [0.4, 0.5) is 11.4 Å². The fourth-order valence-corrected chi connectivity index (χ4v) is 2.18. The third kappa shape index (κ3) is 3.69. The van der Waals surface area contributed by atoms with Crippen LogP contribution in [0, 0.1) is 10.1 Å². The van der Waals surface area contributed by atoms with Crippen molar-refractivity contribution in [1.29, 1.82) is 0 Å². The summed E-state index contributed by atoms with van der Waals surface area (Å²) in [5.74, 6) is -0.315. The number of amides is 1. The van der Waals surface area contributed by atoms with Crippen LogP contribution in [0.1, 0.15) is 23.7 Å². The monoisotopic (exact) mass is 293 g/mol. The number of nitro benzene ring substituents is 1. The van der Waals surface area contributed by atoms with Crippen molar-refractivity contribution in [2.75, 3.05) is 38.2 Å². The van der Waals surface area contributed by atoms with Crippen LogP contribution in [0.25, 0.3) is 0 Å². The second-order valence-electron chi connectivity index (χ2n) is 4.82. The molecule has 0 spiro atoms. The molecule has 0 saturated carbocycles. The van der Waals surface area contributed by atoms with Crippen LogP contribution in [0.2, 0.25) is 0 Å². The van der Waals surface area contributed by atoms with Gasteiger partial charge in [-0.1, -0.05) is 6.92 Å². The summed E-state index contributed by atoms with van der Waals surface area (Å²) in [5, 5.41) is 14.3. The van der Waals surface area contributed by atoms with Crippen molar-refractivity contribution < 1.29 is 14.5 Å². The van der Waals surface area contributed by atoms with E-state index in [2.05, 4.69) is 5.32 Å². The molecule has 7 heteroatoms. The van der Waals surface area contributed by atoms with Gasteiger partial charge in [0.05, 0.1) is 18.1 Å². The van der Waals surface area contributed by atoms with E-state index in [9.17, 15) is 14.9 Å². The molecule has 1 heterocycles. The number of ether oxygens (including phenoxy) is 1. The van der Waals surface area contributed by atoms with Crippen molar-refractivity contribution in [1.82, 2.24) is 4.90 Å². The zero-order valence-corrected chi connectivity index (χ0v) is 12.0. The number of morpholine rings is 1. The molecule has 114 valence electrons. The lowest BCUT2D eigenvalue weighted by Crippen LogP contribution is -2.40. The third-order valence-electron chi connectivity index (χ3n) is 3.30. The Morgan fingerprint density at radius 3 is 2.76 bits per heavy atom. The van der Waals surface area contributed by atoms with Crippen LogP contribution in [-0.2, 0) is 4.74 Å². The Balaban J connectivity index is 2.28. The van der Waals surface area contributed by atoms with Gasteiger partial charge in [0, 0.05) is 31.4 Å². The van der Waals surface area contributed by atoms with Crippen molar-refractivity contribution in [3.05, 3.63) is 33.9 Å². The highest BCUT2D eigenvalue weighted by Crippen LogP contribution is 2.24. The molecule has 1 amide bonds. The Bertz CT molecular complexity index is 527. The van der Waals surface area contributed by atoms with Crippen molar-refractivity contribution in [3.8, 4) is 0 Å². The minimum Gasteiger partial charge on any atom is -0.385 e. The van der Waals surface area contributed by atoms with Crippen LogP contribution < -0.4 is 5.32 Å². The van der Waals surface area contributed by atoms with E-state index >= 15 is 0 Å². The number of benzene rings is 1. The van der Waals surface area contributed by atoms with Gasteiger partial charge >= 0.3 is 0 Å². The van der Waals surface area contributed by atoms with Gasteiger partial charge in [-0.2, -0.15) is 0 Å². The van der Waals surface area contributed by atoms with E-state index in [1.165, 1.54) is 6.07 Å². The summed E-state index contributed by atoms with van der Waals surface area (Å²) < 4.78 is 5.20. The number of carbonyl (C=O) groups is 1. The highest BCUT2D eigenvalue weighted by Gasteiger charge is 2.26. The van der Waals surface area contributed by atoms with Crippen LogP contribution in [0.5, 0.6) is 0 Å². The lowest BCUT2D eigenvalue weighted by Gasteiger charge is -2.26. The van der Waals surface area contributed by atoms with Gasteiger partial charge in [0.15, 0.2) is 0 Å². The Morgan fingerprint density at radius 2 is 2.14 bits per heavy atom. The summed E-state index contributed by atoms with van der Waals surface area (Å²) in [6.07, 6.45) is 0.934. The molecule has 1 aliphatic rings. The standard InChI is InChI=1S/C14H19N3O4/c1-2-5-15-11-3-4-13(17(19)20)12(10-11)14(18)16-6-8-21-9-7-16/h3-4,10,15H,2,5-9H2,1H3. The number of rotatable bonds is 5. The summed E-state index contributed by atoms with van der Waals surface area (Å²) in [5.41, 5.74) is 0.690. The van der Waals surface area contributed by atoms with Gasteiger partial charge in [-0.05, 0) is 18.6 Å². The van der Waals surface area contributed by atoms with Crippen LogP contribution in [0.3, 0.4) is 0 Å². The van der Waals surface area contributed by atoms with Gasteiger partial charge < -0.3 is 15.0 Å². The summed E-state index contributed by atoms with van der Waals surface area (Å²) >= 11 is 0. The molecule has 0 unspecified atom stereocenters. The van der Waals surface area contributed by atoms with Gasteiger partial charge in [0.2, 0.25) is 0 Å². The SMILES string of the molecule is CCCNc1ccc([N+](=O)[O-])c(C(=O)N2CCOCC2)c1. The number of anilines is 1. The zero-order chi connectivity index (χ0) is 15.2. The molecule has 1 aliphatic heterocycles. The average molecular weight is 293 g/mol. The second kappa shape index (κ2) is 7.03. The largest absolute Gasteiger partial charge is 0.385 e. The maximum atomic E-state index is 12.5. The molecule has 21 heavy (non-hydrogen) atoms. The first kappa shape index (κ1) is 15.2. The molecule has 1 fully saturated rings. The minimum atomic E-state index is -0.517. The molecular weight excluding hydrogens is 274 g/mol. The Labute approximate surface area is 123 Å². The molecule has 1 aromatic carbocycles. The van der Waals surface area contributed by atoms with Gasteiger partial charge in [0.1, 0.15) is 5.56 Å². The van der Waals surface area contributed by atoms with Crippen LogP contribution >= 0.6 is 0 Å². The average Bonchev–Trinajstić information content (AvgIpc) is 2.52. The Hall–Kier alpha value is -2.15. The van der Waals surface area contributed by atoms with E-state index in [4.69, 9.17) is 4.74 Å². The Morgan fingerprint density at radius 1 is 1.43 bits per heavy atom. The second-order valence-corrected chi connectivity index (χ2v) is 4.82. The lowest BCUT2D eigenvalue weighted by molar-refractivity contribution is -0.385. The van der Waals surface area contributed by atoms with E-state index < -0.39 is 4.92 Å². The Kier molecular flexibility index (Phi) is 5.10. The summed E-state index contributed by atoms with van der Waals surface area (Å²) in [7, 11) is 0.